The Morgan fingerprint density at radius 1 is 1.23 bits per heavy atom. The summed E-state index contributed by atoms with van der Waals surface area (Å²) in [6.07, 6.45) is 0. The van der Waals surface area contributed by atoms with Crippen molar-refractivity contribution in [2.75, 3.05) is 52.0 Å². The molecule has 0 saturated carbocycles. The third-order valence-electron chi connectivity index (χ3n) is 4.25. The van der Waals surface area contributed by atoms with Gasteiger partial charge in [0.1, 0.15) is 18.0 Å². The molecule has 2 rings (SSSR count). The van der Waals surface area contributed by atoms with Crippen molar-refractivity contribution in [3.05, 3.63) is 18.2 Å². The van der Waals surface area contributed by atoms with Gasteiger partial charge < -0.3 is 29.9 Å². The number of aliphatic hydroxyl groups is 2. The molecule has 0 spiro atoms. The minimum Gasteiger partial charge on any atom is -0.497 e. The second-order valence-corrected chi connectivity index (χ2v) is 6.32. The summed E-state index contributed by atoms with van der Waals surface area (Å²) in [5, 5.41) is 21.1. The van der Waals surface area contributed by atoms with E-state index in [1.54, 1.807) is 18.2 Å². The quantitative estimate of drug-likeness (QED) is 0.587. The van der Waals surface area contributed by atoms with Crippen LogP contribution in [-0.2, 0) is 4.79 Å². The fourth-order valence-corrected chi connectivity index (χ4v) is 2.64. The van der Waals surface area contributed by atoms with E-state index in [9.17, 15) is 19.8 Å². The van der Waals surface area contributed by atoms with Crippen LogP contribution in [0.1, 0.15) is 6.92 Å². The van der Waals surface area contributed by atoms with Crippen LogP contribution in [0.3, 0.4) is 0 Å². The number of nitrogens with zero attached hydrogens (tertiary/aromatic N) is 2. The molecule has 0 radical (unpaired) electrons. The fourth-order valence-electron chi connectivity index (χ4n) is 2.64. The molecular weight excluding hydrogens is 342 g/mol. The molecule has 1 heterocycles. The van der Waals surface area contributed by atoms with Gasteiger partial charge in [-0.15, -0.1) is 0 Å². The average molecular weight is 367 g/mol. The molecule has 1 aromatic rings. The van der Waals surface area contributed by atoms with E-state index in [0.717, 1.165) is 0 Å². The van der Waals surface area contributed by atoms with Crippen molar-refractivity contribution in [3.8, 4) is 11.5 Å². The maximum Gasteiger partial charge on any atom is 0.325 e. The maximum atomic E-state index is 12.7. The van der Waals surface area contributed by atoms with Gasteiger partial charge in [-0.05, 0) is 19.1 Å². The van der Waals surface area contributed by atoms with Crippen LogP contribution in [0.5, 0.6) is 11.5 Å². The molecule has 144 valence electrons. The van der Waals surface area contributed by atoms with E-state index in [4.69, 9.17) is 9.47 Å². The lowest BCUT2D eigenvalue weighted by Crippen LogP contribution is -2.54. The molecule has 9 heteroatoms. The second kappa shape index (κ2) is 8.24. The topological polar surface area (TPSA) is 112 Å². The fraction of sp³-hybridized carbons (Fsp3) is 0.529. The van der Waals surface area contributed by atoms with Gasteiger partial charge in [-0.3, -0.25) is 9.69 Å². The summed E-state index contributed by atoms with van der Waals surface area (Å²) in [6.45, 7) is 1.29. The van der Waals surface area contributed by atoms with E-state index in [-0.39, 0.29) is 12.6 Å². The van der Waals surface area contributed by atoms with Gasteiger partial charge in [0.25, 0.3) is 0 Å². The lowest BCUT2D eigenvalue weighted by atomic mass is 10.1. The first-order valence-corrected chi connectivity index (χ1v) is 8.18. The summed E-state index contributed by atoms with van der Waals surface area (Å²) in [6, 6.07) is 4.82. The van der Waals surface area contributed by atoms with Gasteiger partial charge in [0.05, 0.1) is 38.7 Å². The smallest absolute Gasteiger partial charge is 0.325 e. The van der Waals surface area contributed by atoms with Crippen LogP contribution >= 0.6 is 0 Å². The van der Waals surface area contributed by atoms with Crippen molar-refractivity contribution >= 4 is 17.6 Å². The molecule has 3 N–H and O–H groups in total. The van der Waals surface area contributed by atoms with Gasteiger partial charge in [-0.2, -0.15) is 0 Å². The highest BCUT2D eigenvalue weighted by Gasteiger charge is 2.34. The second-order valence-electron chi connectivity index (χ2n) is 6.32. The van der Waals surface area contributed by atoms with E-state index in [2.05, 4.69) is 5.32 Å². The normalized spacial score (nSPS) is 14.6. The number of anilines is 1. The lowest BCUT2D eigenvalue weighted by Gasteiger charge is -2.27. The van der Waals surface area contributed by atoms with E-state index in [1.165, 1.54) is 30.9 Å². The third-order valence-corrected chi connectivity index (χ3v) is 4.25. The number of rotatable bonds is 8. The first kappa shape index (κ1) is 19.8. The molecular formula is C17H25N3O6. The Labute approximate surface area is 152 Å². The van der Waals surface area contributed by atoms with Crippen LogP contribution < -0.4 is 19.7 Å². The van der Waals surface area contributed by atoms with Crippen molar-refractivity contribution < 1.29 is 29.3 Å². The van der Waals surface area contributed by atoms with Gasteiger partial charge in [0.2, 0.25) is 5.91 Å². The minimum atomic E-state index is -1.13. The Balaban J connectivity index is 2.10. The molecule has 1 saturated heterocycles. The molecule has 0 unspecified atom stereocenters. The zero-order valence-corrected chi connectivity index (χ0v) is 15.2. The summed E-state index contributed by atoms with van der Waals surface area (Å²) >= 11 is 0. The van der Waals surface area contributed by atoms with Gasteiger partial charge in [0.15, 0.2) is 0 Å². The summed E-state index contributed by atoms with van der Waals surface area (Å²) < 4.78 is 10.5. The molecule has 1 fully saturated rings. The largest absolute Gasteiger partial charge is 0.497 e. The number of urea groups is 1. The summed E-state index contributed by atoms with van der Waals surface area (Å²) in [5.74, 6) is 0.661. The highest BCUT2D eigenvalue weighted by Crippen LogP contribution is 2.34. The van der Waals surface area contributed by atoms with Crippen LogP contribution in [0.15, 0.2) is 18.2 Å². The number of aliphatic hydroxyl groups excluding tert-OH is 2. The first-order valence-electron chi connectivity index (χ1n) is 8.18. The van der Waals surface area contributed by atoms with Crippen LogP contribution in [0.25, 0.3) is 0 Å². The third kappa shape index (κ3) is 4.17. The zero-order chi connectivity index (χ0) is 19.3. The summed E-state index contributed by atoms with van der Waals surface area (Å²) in [5.41, 5.74) is -0.564. The van der Waals surface area contributed by atoms with Crippen LogP contribution in [0.4, 0.5) is 10.5 Å². The predicted octanol–water partition coefficient (Wildman–Crippen LogP) is -0.195. The molecule has 0 atom stereocenters. The van der Waals surface area contributed by atoms with E-state index < -0.39 is 24.7 Å². The number of carbonyl (C=O) groups excluding carboxylic acids is 2. The van der Waals surface area contributed by atoms with Crippen molar-refractivity contribution in [1.29, 1.82) is 0 Å². The SMILES string of the molecule is COc1ccc(OC)c(N2CCN(CC(=O)NC(C)(CO)CO)C2=O)c1. The van der Waals surface area contributed by atoms with Crippen molar-refractivity contribution in [2.24, 2.45) is 0 Å². The average Bonchev–Trinajstić information content (AvgIpc) is 3.01. The Kier molecular flexibility index (Phi) is 6.27. The van der Waals surface area contributed by atoms with Crippen molar-refractivity contribution in [1.82, 2.24) is 10.2 Å². The summed E-state index contributed by atoms with van der Waals surface area (Å²) in [7, 11) is 3.05. The first-order chi connectivity index (χ1) is 12.4. The van der Waals surface area contributed by atoms with Gasteiger partial charge >= 0.3 is 6.03 Å². The monoisotopic (exact) mass is 367 g/mol. The lowest BCUT2D eigenvalue weighted by molar-refractivity contribution is -0.124. The number of carbonyl (C=O) groups is 2. The Bertz CT molecular complexity index is 662. The maximum absolute atomic E-state index is 12.7. The zero-order valence-electron chi connectivity index (χ0n) is 15.2. The highest BCUT2D eigenvalue weighted by atomic mass is 16.5. The Hall–Kier alpha value is -2.52. The Morgan fingerprint density at radius 2 is 1.92 bits per heavy atom. The van der Waals surface area contributed by atoms with Crippen molar-refractivity contribution in [2.45, 2.75) is 12.5 Å². The van der Waals surface area contributed by atoms with Crippen molar-refractivity contribution in [3.63, 3.8) is 0 Å². The van der Waals surface area contributed by atoms with Crippen LogP contribution in [-0.4, -0.2) is 79.7 Å². The Morgan fingerprint density at radius 3 is 2.50 bits per heavy atom. The molecule has 9 nitrogen and oxygen atoms in total. The molecule has 0 bridgehead atoms. The minimum absolute atomic E-state index is 0.169. The molecule has 0 aliphatic carbocycles. The molecule has 1 aromatic carbocycles. The highest BCUT2D eigenvalue weighted by molar-refractivity contribution is 5.98. The molecule has 3 amide bonds. The molecule has 1 aliphatic rings. The molecule has 0 aromatic heterocycles. The predicted molar refractivity (Wildman–Crippen MR) is 94.6 cm³/mol. The molecule has 1 aliphatic heterocycles. The van der Waals surface area contributed by atoms with Crippen LogP contribution in [0.2, 0.25) is 0 Å². The van der Waals surface area contributed by atoms with E-state index in [0.29, 0.717) is 30.3 Å². The number of benzene rings is 1. The number of ether oxygens (including phenoxy) is 2. The standard InChI is InChI=1S/C17H25N3O6/c1-17(10-21,11-22)18-15(23)9-19-6-7-20(16(19)24)13-8-12(25-2)4-5-14(13)26-3/h4-5,8,21-22H,6-7,9-11H2,1-3H3,(H,18,23). The number of methoxy groups -OCH3 is 2. The van der Waals surface area contributed by atoms with E-state index >= 15 is 0 Å². The number of hydrogen-bond donors (Lipinski definition) is 3. The van der Waals surface area contributed by atoms with Gasteiger partial charge in [-0.1, -0.05) is 0 Å². The van der Waals surface area contributed by atoms with Crippen LogP contribution in [0, 0.1) is 0 Å². The summed E-state index contributed by atoms with van der Waals surface area (Å²) in [4.78, 5) is 27.8. The number of amides is 3. The number of nitrogens with one attached hydrogen (secondary N) is 1. The molecule has 26 heavy (non-hydrogen) atoms. The number of hydrogen-bond acceptors (Lipinski definition) is 6. The van der Waals surface area contributed by atoms with Gasteiger partial charge in [-0.25, -0.2) is 4.79 Å². The van der Waals surface area contributed by atoms with Gasteiger partial charge in [0, 0.05) is 19.2 Å². The van der Waals surface area contributed by atoms with E-state index in [1.807, 2.05) is 0 Å².